The predicted octanol–water partition coefficient (Wildman–Crippen LogP) is -1.62. The molecule has 20 heavy (non-hydrogen) atoms. The molecule has 0 saturated heterocycles. The molecular formula is C10H21N3O6S. The lowest BCUT2D eigenvalue weighted by Crippen LogP contribution is -2.49. The van der Waals surface area contributed by atoms with Crippen molar-refractivity contribution >= 4 is 22.1 Å². The van der Waals surface area contributed by atoms with Gasteiger partial charge in [0.25, 0.3) is 10.2 Å². The molecule has 0 aromatic rings. The average Bonchev–Trinajstić information content (AvgIpc) is 2.35. The van der Waals surface area contributed by atoms with Gasteiger partial charge in [0, 0.05) is 27.2 Å². The summed E-state index contributed by atoms with van der Waals surface area (Å²) in [6.45, 7) is 1.81. The van der Waals surface area contributed by atoms with E-state index in [1.165, 1.54) is 21.1 Å². The summed E-state index contributed by atoms with van der Waals surface area (Å²) in [6, 6.07) is -0.968. The fourth-order valence-electron chi connectivity index (χ4n) is 1.17. The normalized spacial score (nSPS) is 13.2. The Morgan fingerprint density at radius 2 is 2.00 bits per heavy atom. The summed E-state index contributed by atoms with van der Waals surface area (Å²) in [5.74, 6) is -1.59. The third kappa shape index (κ3) is 7.38. The Labute approximate surface area is 118 Å². The van der Waals surface area contributed by atoms with Crippen LogP contribution in [0.5, 0.6) is 0 Å². The highest BCUT2D eigenvalue weighted by Crippen LogP contribution is 1.98. The second-order valence-electron chi connectivity index (χ2n) is 4.09. The number of hydrogen-bond acceptors (Lipinski definition) is 5. The van der Waals surface area contributed by atoms with Crippen molar-refractivity contribution in [3.8, 4) is 0 Å². The van der Waals surface area contributed by atoms with Crippen LogP contribution >= 0.6 is 0 Å². The number of ether oxygens (including phenoxy) is 1. The highest BCUT2D eigenvalue weighted by molar-refractivity contribution is 7.87. The molecule has 0 bridgehead atoms. The van der Waals surface area contributed by atoms with Crippen molar-refractivity contribution in [1.29, 1.82) is 0 Å². The fraction of sp³-hybridized carbons (Fsp3) is 0.800. The van der Waals surface area contributed by atoms with Gasteiger partial charge in [-0.05, 0) is 6.92 Å². The van der Waals surface area contributed by atoms with Crippen molar-refractivity contribution in [2.24, 2.45) is 0 Å². The quantitative estimate of drug-likeness (QED) is 0.416. The Hall–Kier alpha value is -1.23. The van der Waals surface area contributed by atoms with Gasteiger partial charge in [0.15, 0.2) is 0 Å². The number of methoxy groups -OCH3 is 1. The molecule has 0 heterocycles. The number of hydrogen-bond donors (Lipinski definition) is 3. The van der Waals surface area contributed by atoms with Crippen LogP contribution < -0.4 is 10.0 Å². The molecule has 0 spiro atoms. The summed E-state index contributed by atoms with van der Waals surface area (Å²) in [5, 5.41) is 11.0. The lowest BCUT2D eigenvalue weighted by Gasteiger charge is -2.20. The van der Waals surface area contributed by atoms with Crippen molar-refractivity contribution in [3.05, 3.63) is 0 Å². The number of nitrogens with one attached hydrogen (secondary N) is 2. The number of carboxylic acids is 1. The largest absolute Gasteiger partial charge is 0.481 e. The van der Waals surface area contributed by atoms with Crippen LogP contribution in [-0.2, 0) is 24.5 Å². The molecule has 1 atom stereocenters. The van der Waals surface area contributed by atoms with Gasteiger partial charge < -0.3 is 15.2 Å². The van der Waals surface area contributed by atoms with E-state index in [0.717, 1.165) is 4.31 Å². The van der Waals surface area contributed by atoms with Crippen molar-refractivity contribution in [1.82, 2.24) is 14.3 Å². The molecule has 0 radical (unpaired) electrons. The standard InChI is InChI=1S/C10H21N3O6S/c1-8(10(16)11-5-7-19-3)12-20(17,18)13(2)6-4-9(14)15/h8,12H,4-7H2,1-3H3,(H,11,16)(H,14,15). The van der Waals surface area contributed by atoms with Crippen LogP contribution in [0, 0.1) is 0 Å². The van der Waals surface area contributed by atoms with E-state index in [0.29, 0.717) is 6.61 Å². The minimum absolute atomic E-state index is 0.178. The maximum Gasteiger partial charge on any atom is 0.304 e. The Morgan fingerprint density at radius 1 is 1.40 bits per heavy atom. The smallest absolute Gasteiger partial charge is 0.304 e. The Kier molecular flexibility index (Phi) is 8.30. The van der Waals surface area contributed by atoms with Crippen LogP contribution in [0.1, 0.15) is 13.3 Å². The first-order valence-corrected chi connectivity index (χ1v) is 7.36. The lowest BCUT2D eigenvalue weighted by atomic mass is 10.3. The highest BCUT2D eigenvalue weighted by Gasteiger charge is 2.24. The molecule has 0 rings (SSSR count). The number of rotatable bonds is 10. The van der Waals surface area contributed by atoms with Crippen LogP contribution in [0.4, 0.5) is 0 Å². The van der Waals surface area contributed by atoms with E-state index in [1.807, 2.05) is 0 Å². The first kappa shape index (κ1) is 18.8. The van der Waals surface area contributed by atoms with E-state index in [-0.39, 0.29) is 19.5 Å². The Morgan fingerprint density at radius 3 is 2.50 bits per heavy atom. The third-order valence-electron chi connectivity index (χ3n) is 2.38. The predicted molar refractivity (Wildman–Crippen MR) is 71.3 cm³/mol. The molecule has 9 nitrogen and oxygen atoms in total. The molecule has 0 aliphatic heterocycles. The summed E-state index contributed by atoms with van der Waals surface area (Å²) in [5.41, 5.74) is 0. The highest BCUT2D eigenvalue weighted by atomic mass is 32.2. The summed E-state index contributed by atoms with van der Waals surface area (Å²) < 4.78 is 31.4. The first-order chi connectivity index (χ1) is 9.20. The van der Waals surface area contributed by atoms with E-state index < -0.39 is 28.1 Å². The number of carboxylic acid groups (broad SMARTS) is 1. The van der Waals surface area contributed by atoms with Crippen molar-refractivity contribution in [2.75, 3.05) is 33.9 Å². The van der Waals surface area contributed by atoms with Crippen molar-refractivity contribution < 1.29 is 27.9 Å². The SMILES string of the molecule is COCCNC(=O)C(C)NS(=O)(=O)N(C)CCC(=O)O. The van der Waals surface area contributed by atoms with Gasteiger partial charge in [-0.3, -0.25) is 9.59 Å². The van der Waals surface area contributed by atoms with E-state index in [9.17, 15) is 18.0 Å². The van der Waals surface area contributed by atoms with Gasteiger partial charge in [0.05, 0.1) is 19.1 Å². The molecule has 10 heteroatoms. The van der Waals surface area contributed by atoms with Gasteiger partial charge in [-0.25, -0.2) is 0 Å². The van der Waals surface area contributed by atoms with Crippen molar-refractivity contribution in [2.45, 2.75) is 19.4 Å². The van der Waals surface area contributed by atoms with Gasteiger partial charge in [0.1, 0.15) is 0 Å². The summed E-state index contributed by atoms with van der Waals surface area (Å²) in [6.07, 6.45) is -0.314. The summed E-state index contributed by atoms with van der Waals surface area (Å²) in [7, 11) is -1.18. The first-order valence-electron chi connectivity index (χ1n) is 5.92. The minimum atomic E-state index is -3.90. The molecule has 3 N–H and O–H groups in total. The van der Waals surface area contributed by atoms with Crippen LogP contribution in [-0.4, -0.2) is 69.6 Å². The number of nitrogens with zero attached hydrogens (tertiary/aromatic N) is 1. The van der Waals surface area contributed by atoms with Crippen LogP contribution in [0.25, 0.3) is 0 Å². The van der Waals surface area contributed by atoms with Gasteiger partial charge >= 0.3 is 5.97 Å². The van der Waals surface area contributed by atoms with E-state index in [2.05, 4.69) is 10.0 Å². The second-order valence-corrected chi connectivity index (χ2v) is 5.90. The summed E-state index contributed by atoms with van der Waals surface area (Å²) >= 11 is 0. The maximum absolute atomic E-state index is 11.8. The molecule has 0 aliphatic rings. The number of carbonyl (C=O) groups is 2. The van der Waals surface area contributed by atoms with E-state index in [4.69, 9.17) is 9.84 Å². The van der Waals surface area contributed by atoms with Gasteiger partial charge in [-0.15, -0.1) is 0 Å². The molecule has 0 aromatic carbocycles. The van der Waals surface area contributed by atoms with E-state index >= 15 is 0 Å². The number of carbonyl (C=O) groups excluding carboxylic acids is 1. The van der Waals surface area contributed by atoms with Crippen LogP contribution in [0.2, 0.25) is 0 Å². The Balaban J connectivity index is 4.36. The van der Waals surface area contributed by atoms with Crippen LogP contribution in [0.3, 0.4) is 0 Å². The molecular weight excluding hydrogens is 290 g/mol. The molecule has 1 unspecified atom stereocenters. The third-order valence-corrected chi connectivity index (χ3v) is 4.03. The van der Waals surface area contributed by atoms with Crippen molar-refractivity contribution in [3.63, 3.8) is 0 Å². The van der Waals surface area contributed by atoms with Gasteiger partial charge in [-0.2, -0.15) is 17.4 Å². The fourth-order valence-corrected chi connectivity index (χ4v) is 2.23. The molecule has 0 saturated carbocycles. The Bertz CT molecular complexity index is 425. The summed E-state index contributed by atoms with van der Waals surface area (Å²) in [4.78, 5) is 22.0. The zero-order valence-electron chi connectivity index (χ0n) is 11.7. The second kappa shape index (κ2) is 8.84. The molecule has 0 fully saturated rings. The van der Waals surface area contributed by atoms with E-state index in [1.54, 1.807) is 0 Å². The molecule has 0 aliphatic carbocycles. The zero-order chi connectivity index (χ0) is 15.8. The lowest BCUT2D eigenvalue weighted by molar-refractivity contribution is -0.137. The topological polar surface area (TPSA) is 125 Å². The average molecular weight is 311 g/mol. The van der Waals surface area contributed by atoms with Gasteiger partial charge in [-0.1, -0.05) is 0 Å². The zero-order valence-corrected chi connectivity index (χ0v) is 12.6. The number of amides is 1. The molecule has 0 aromatic heterocycles. The monoisotopic (exact) mass is 311 g/mol. The van der Waals surface area contributed by atoms with Gasteiger partial charge in [0.2, 0.25) is 5.91 Å². The maximum atomic E-state index is 11.8. The van der Waals surface area contributed by atoms with Crippen LogP contribution in [0.15, 0.2) is 0 Å². The molecule has 1 amide bonds. The minimum Gasteiger partial charge on any atom is -0.481 e. The molecule has 118 valence electrons. The number of aliphatic carboxylic acids is 1.